The highest BCUT2D eigenvalue weighted by Crippen LogP contribution is 2.16. The normalized spacial score (nSPS) is 23.4. The molecule has 5 heteroatoms. The predicted octanol–water partition coefficient (Wildman–Crippen LogP) is 1.37. The summed E-state index contributed by atoms with van der Waals surface area (Å²) in [7, 11) is 0. The Kier molecular flexibility index (Phi) is 3.59. The Morgan fingerprint density at radius 3 is 3.06 bits per heavy atom. The summed E-state index contributed by atoms with van der Waals surface area (Å²) in [4.78, 5) is 3.83. The molecular weight excluding hydrogens is 223 g/mol. The van der Waals surface area contributed by atoms with E-state index in [9.17, 15) is 4.39 Å². The van der Waals surface area contributed by atoms with Gasteiger partial charge in [0.2, 0.25) is 5.88 Å². The van der Waals surface area contributed by atoms with Gasteiger partial charge in [0.1, 0.15) is 18.5 Å². The molecule has 0 radical (unpaired) electrons. The minimum Gasteiger partial charge on any atom is -0.475 e. The van der Waals surface area contributed by atoms with Crippen LogP contribution < -0.4 is 10.1 Å². The molecule has 1 aromatic rings. The van der Waals surface area contributed by atoms with Crippen molar-refractivity contribution >= 4 is 0 Å². The fraction of sp³-hybridized carbons (Fsp3) is 0.583. The Balaban J connectivity index is 1.84. The van der Waals surface area contributed by atoms with Crippen LogP contribution in [0.4, 0.5) is 4.39 Å². The molecule has 1 N–H and O–H groups in total. The fourth-order valence-corrected chi connectivity index (χ4v) is 1.79. The molecule has 17 heavy (non-hydrogen) atoms. The van der Waals surface area contributed by atoms with Gasteiger partial charge in [0.05, 0.1) is 11.8 Å². The number of ether oxygens (including phenoxy) is 2. The lowest BCUT2D eigenvalue weighted by atomic mass is 10.1. The van der Waals surface area contributed by atoms with Crippen LogP contribution in [-0.2, 0) is 4.74 Å². The van der Waals surface area contributed by atoms with Crippen molar-refractivity contribution in [2.45, 2.75) is 25.6 Å². The van der Waals surface area contributed by atoms with Crippen molar-refractivity contribution in [2.75, 3.05) is 19.7 Å². The largest absolute Gasteiger partial charge is 0.475 e. The first-order chi connectivity index (χ1) is 8.05. The van der Waals surface area contributed by atoms with Gasteiger partial charge >= 0.3 is 0 Å². The highest BCUT2D eigenvalue weighted by molar-refractivity contribution is 5.10. The number of hydrogen-bond donors (Lipinski definition) is 1. The summed E-state index contributed by atoms with van der Waals surface area (Å²) in [5.74, 6) is 0.0486. The van der Waals surface area contributed by atoms with Crippen molar-refractivity contribution in [2.24, 2.45) is 0 Å². The SMILES string of the molecule is CC1(C)CNCC(COc2ccc(F)cn2)O1. The fourth-order valence-electron chi connectivity index (χ4n) is 1.79. The Morgan fingerprint density at radius 2 is 2.41 bits per heavy atom. The van der Waals surface area contributed by atoms with E-state index in [0.29, 0.717) is 12.5 Å². The average Bonchev–Trinajstić information content (AvgIpc) is 2.27. The zero-order valence-corrected chi connectivity index (χ0v) is 10.1. The molecule has 2 heterocycles. The number of halogens is 1. The number of rotatable bonds is 3. The van der Waals surface area contributed by atoms with E-state index in [-0.39, 0.29) is 17.5 Å². The highest BCUT2D eigenvalue weighted by atomic mass is 19.1. The molecule has 0 bridgehead atoms. The maximum atomic E-state index is 12.6. The van der Waals surface area contributed by atoms with Crippen LogP contribution in [0.1, 0.15) is 13.8 Å². The Hall–Kier alpha value is -1.20. The van der Waals surface area contributed by atoms with Crippen LogP contribution >= 0.6 is 0 Å². The first-order valence-electron chi connectivity index (χ1n) is 5.68. The van der Waals surface area contributed by atoms with E-state index < -0.39 is 0 Å². The van der Waals surface area contributed by atoms with Crippen LogP contribution in [0, 0.1) is 5.82 Å². The molecule has 0 aliphatic carbocycles. The van der Waals surface area contributed by atoms with Crippen LogP contribution in [0.2, 0.25) is 0 Å². The van der Waals surface area contributed by atoms with Crippen molar-refractivity contribution in [1.29, 1.82) is 0 Å². The van der Waals surface area contributed by atoms with Gasteiger partial charge in [-0.15, -0.1) is 0 Å². The maximum Gasteiger partial charge on any atom is 0.213 e. The molecule has 1 aromatic heterocycles. The summed E-state index contributed by atoms with van der Waals surface area (Å²) in [5, 5.41) is 3.29. The van der Waals surface area contributed by atoms with Crippen LogP contribution in [-0.4, -0.2) is 36.4 Å². The number of aromatic nitrogens is 1. The molecule has 1 aliphatic rings. The first kappa shape index (κ1) is 12.3. The van der Waals surface area contributed by atoms with E-state index in [1.165, 1.54) is 12.1 Å². The van der Waals surface area contributed by atoms with Crippen LogP contribution in [0.15, 0.2) is 18.3 Å². The van der Waals surface area contributed by atoms with E-state index in [4.69, 9.17) is 9.47 Å². The van der Waals surface area contributed by atoms with E-state index in [1.807, 2.05) is 13.8 Å². The summed E-state index contributed by atoms with van der Waals surface area (Å²) in [6, 6.07) is 2.84. The second-order valence-corrected chi connectivity index (χ2v) is 4.76. The second-order valence-electron chi connectivity index (χ2n) is 4.76. The van der Waals surface area contributed by atoms with Gasteiger partial charge in [-0.1, -0.05) is 0 Å². The number of hydrogen-bond acceptors (Lipinski definition) is 4. The summed E-state index contributed by atoms with van der Waals surface area (Å²) >= 11 is 0. The third-order valence-electron chi connectivity index (χ3n) is 2.53. The van der Waals surface area contributed by atoms with Gasteiger partial charge in [-0.25, -0.2) is 9.37 Å². The Bertz CT molecular complexity index is 367. The van der Waals surface area contributed by atoms with Crippen molar-refractivity contribution in [1.82, 2.24) is 10.3 Å². The van der Waals surface area contributed by atoms with Gasteiger partial charge in [-0.2, -0.15) is 0 Å². The highest BCUT2D eigenvalue weighted by Gasteiger charge is 2.28. The summed E-state index contributed by atoms with van der Waals surface area (Å²) in [6.45, 7) is 6.06. The second kappa shape index (κ2) is 4.98. The summed E-state index contributed by atoms with van der Waals surface area (Å²) < 4.78 is 23.9. The summed E-state index contributed by atoms with van der Waals surface area (Å²) in [6.07, 6.45) is 1.13. The summed E-state index contributed by atoms with van der Waals surface area (Å²) in [5.41, 5.74) is -0.178. The molecule has 1 atom stereocenters. The maximum absolute atomic E-state index is 12.6. The van der Waals surface area contributed by atoms with Gasteiger partial charge in [0.15, 0.2) is 0 Å². The molecule has 1 aliphatic heterocycles. The molecule has 1 fully saturated rings. The quantitative estimate of drug-likeness (QED) is 0.866. The molecule has 0 amide bonds. The lowest BCUT2D eigenvalue weighted by Crippen LogP contribution is -2.52. The van der Waals surface area contributed by atoms with Crippen molar-refractivity contribution < 1.29 is 13.9 Å². The standard InChI is InChI=1S/C12H17FN2O2/c1-12(2)8-14-6-10(17-12)7-16-11-4-3-9(13)5-15-11/h3-5,10,14H,6-8H2,1-2H3. The molecule has 1 unspecified atom stereocenters. The molecular formula is C12H17FN2O2. The van der Waals surface area contributed by atoms with Gasteiger partial charge in [-0.3, -0.25) is 0 Å². The van der Waals surface area contributed by atoms with Crippen LogP contribution in [0.25, 0.3) is 0 Å². The molecule has 0 aromatic carbocycles. The van der Waals surface area contributed by atoms with Gasteiger partial charge in [0.25, 0.3) is 0 Å². The van der Waals surface area contributed by atoms with Gasteiger partial charge in [0, 0.05) is 19.2 Å². The number of morpholine rings is 1. The average molecular weight is 240 g/mol. The minimum absolute atomic E-state index is 0.00870. The zero-order chi connectivity index (χ0) is 12.3. The Labute approximate surface area is 100 Å². The zero-order valence-electron chi connectivity index (χ0n) is 10.1. The van der Waals surface area contributed by atoms with E-state index in [0.717, 1.165) is 19.3 Å². The van der Waals surface area contributed by atoms with E-state index in [2.05, 4.69) is 10.3 Å². The number of pyridine rings is 1. The molecule has 94 valence electrons. The molecule has 1 saturated heterocycles. The van der Waals surface area contributed by atoms with Crippen molar-refractivity contribution in [3.63, 3.8) is 0 Å². The predicted molar refractivity (Wildman–Crippen MR) is 61.5 cm³/mol. The van der Waals surface area contributed by atoms with Crippen molar-refractivity contribution in [3.8, 4) is 5.88 Å². The number of nitrogens with one attached hydrogen (secondary N) is 1. The van der Waals surface area contributed by atoms with Gasteiger partial charge < -0.3 is 14.8 Å². The third-order valence-corrected chi connectivity index (χ3v) is 2.53. The monoisotopic (exact) mass is 240 g/mol. The van der Waals surface area contributed by atoms with Gasteiger partial charge in [-0.05, 0) is 19.9 Å². The molecule has 0 spiro atoms. The smallest absolute Gasteiger partial charge is 0.213 e. The Morgan fingerprint density at radius 1 is 1.59 bits per heavy atom. The molecule has 2 rings (SSSR count). The van der Waals surface area contributed by atoms with E-state index in [1.54, 1.807) is 0 Å². The third kappa shape index (κ3) is 3.64. The lowest BCUT2D eigenvalue weighted by molar-refractivity contribution is -0.107. The molecule has 4 nitrogen and oxygen atoms in total. The van der Waals surface area contributed by atoms with Crippen LogP contribution in [0.5, 0.6) is 5.88 Å². The number of nitrogens with zero attached hydrogens (tertiary/aromatic N) is 1. The van der Waals surface area contributed by atoms with Crippen molar-refractivity contribution in [3.05, 3.63) is 24.1 Å². The minimum atomic E-state index is -0.367. The van der Waals surface area contributed by atoms with Crippen LogP contribution in [0.3, 0.4) is 0 Å². The lowest BCUT2D eigenvalue weighted by Gasteiger charge is -2.36. The van der Waals surface area contributed by atoms with E-state index >= 15 is 0 Å². The first-order valence-corrected chi connectivity index (χ1v) is 5.68. The molecule has 0 saturated carbocycles. The topological polar surface area (TPSA) is 43.4 Å².